The van der Waals surface area contributed by atoms with Gasteiger partial charge in [-0.15, -0.1) is 11.8 Å². The second-order valence-corrected chi connectivity index (χ2v) is 5.64. The number of amides is 1. The number of nitrogens with one attached hydrogen (secondary N) is 2. The number of benzene rings is 1. The van der Waals surface area contributed by atoms with Gasteiger partial charge < -0.3 is 5.32 Å². The number of H-pyrrole nitrogens is 1. The summed E-state index contributed by atoms with van der Waals surface area (Å²) in [5, 5.41) is 8.99. The number of nitrogens with zero attached hydrogens (tertiary/aromatic N) is 1. The lowest BCUT2D eigenvalue weighted by Gasteiger charge is -2.25. The summed E-state index contributed by atoms with van der Waals surface area (Å²) in [5.41, 5.74) is 1.04. The maximum atomic E-state index is 12.1. The average molecular weight is 287 g/mol. The van der Waals surface area contributed by atoms with E-state index in [4.69, 9.17) is 0 Å². The quantitative estimate of drug-likeness (QED) is 0.882. The van der Waals surface area contributed by atoms with Crippen LogP contribution < -0.4 is 10.9 Å². The Morgan fingerprint density at radius 3 is 2.95 bits per heavy atom. The molecule has 0 aliphatic carbocycles. The Morgan fingerprint density at radius 1 is 1.30 bits per heavy atom. The molecule has 1 aromatic heterocycles. The molecule has 1 aliphatic rings. The molecule has 2 aromatic rings. The number of carbonyl (C=O) groups excluding carboxylic acids is 1. The molecule has 0 saturated carbocycles. The van der Waals surface area contributed by atoms with Gasteiger partial charge in [0, 0.05) is 16.7 Å². The van der Waals surface area contributed by atoms with E-state index in [0.717, 1.165) is 17.7 Å². The maximum absolute atomic E-state index is 12.1. The molecular formula is C14H13N3O2S. The molecule has 1 unspecified atom stereocenters. The first kappa shape index (κ1) is 12.9. The zero-order valence-electron chi connectivity index (χ0n) is 10.6. The van der Waals surface area contributed by atoms with Crippen LogP contribution in [0.1, 0.15) is 28.5 Å². The number of aromatic nitrogens is 2. The Bertz CT molecular complexity index is 678. The molecule has 102 valence electrons. The van der Waals surface area contributed by atoms with Crippen molar-refractivity contribution < 1.29 is 4.79 Å². The standard InChI is InChI=1S/C14H13N3O2S/c18-13-6-5-11(16-17-13)14(19)15-10-7-8-20-12-4-2-1-3-9(10)12/h1-6,10H,7-8H2,(H,15,19)(H,17,18). The number of hydrogen-bond donors (Lipinski definition) is 2. The minimum atomic E-state index is -0.319. The first-order valence-electron chi connectivity index (χ1n) is 6.32. The van der Waals surface area contributed by atoms with Crippen molar-refractivity contribution in [2.24, 2.45) is 0 Å². The van der Waals surface area contributed by atoms with Crippen LogP contribution in [0.3, 0.4) is 0 Å². The Morgan fingerprint density at radius 2 is 2.15 bits per heavy atom. The molecule has 3 rings (SSSR count). The van der Waals surface area contributed by atoms with Gasteiger partial charge in [-0.1, -0.05) is 18.2 Å². The second-order valence-electron chi connectivity index (χ2n) is 4.51. The fraction of sp³-hybridized carbons (Fsp3) is 0.214. The molecule has 1 aromatic carbocycles. The van der Waals surface area contributed by atoms with Crippen molar-refractivity contribution in [3.05, 3.63) is 58.0 Å². The van der Waals surface area contributed by atoms with Gasteiger partial charge in [-0.05, 0) is 24.1 Å². The topological polar surface area (TPSA) is 74.8 Å². The third kappa shape index (κ3) is 2.60. The Hall–Kier alpha value is -2.08. The van der Waals surface area contributed by atoms with Crippen LogP contribution in [0.4, 0.5) is 0 Å². The molecule has 1 atom stereocenters. The fourth-order valence-electron chi connectivity index (χ4n) is 2.20. The Kier molecular flexibility index (Phi) is 3.56. The number of fused-ring (bicyclic) bond motifs is 1. The molecule has 5 nitrogen and oxygen atoms in total. The van der Waals surface area contributed by atoms with Crippen molar-refractivity contribution in [3.8, 4) is 0 Å². The van der Waals surface area contributed by atoms with Gasteiger partial charge in [0.2, 0.25) is 0 Å². The molecule has 2 heterocycles. The fourth-order valence-corrected chi connectivity index (χ4v) is 3.32. The molecule has 0 bridgehead atoms. The summed E-state index contributed by atoms with van der Waals surface area (Å²) in [6.45, 7) is 0. The highest BCUT2D eigenvalue weighted by Crippen LogP contribution is 2.35. The number of aromatic amines is 1. The van der Waals surface area contributed by atoms with Crippen LogP contribution in [0.25, 0.3) is 0 Å². The zero-order valence-corrected chi connectivity index (χ0v) is 11.4. The van der Waals surface area contributed by atoms with E-state index in [-0.39, 0.29) is 23.2 Å². The van der Waals surface area contributed by atoms with Crippen molar-refractivity contribution in [1.82, 2.24) is 15.5 Å². The molecule has 1 aliphatic heterocycles. The molecule has 2 N–H and O–H groups in total. The van der Waals surface area contributed by atoms with Crippen molar-refractivity contribution in [2.75, 3.05) is 5.75 Å². The second kappa shape index (κ2) is 5.50. The van der Waals surface area contributed by atoms with Crippen LogP contribution in [0.2, 0.25) is 0 Å². The van der Waals surface area contributed by atoms with Gasteiger partial charge in [0.25, 0.3) is 11.5 Å². The number of carbonyl (C=O) groups is 1. The number of rotatable bonds is 2. The molecule has 0 radical (unpaired) electrons. The van der Waals surface area contributed by atoms with E-state index in [0.29, 0.717) is 0 Å². The van der Waals surface area contributed by atoms with Crippen LogP contribution in [-0.4, -0.2) is 21.9 Å². The normalized spacial score (nSPS) is 17.3. The van der Waals surface area contributed by atoms with E-state index >= 15 is 0 Å². The molecule has 20 heavy (non-hydrogen) atoms. The van der Waals surface area contributed by atoms with Crippen LogP contribution >= 0.6 is 11.8 Å². The van der Waals surface area contributed by atoms with E-state index in [1.807, 2.05) is 18.2 Å². The monoisotopic (exact) mass is 287 g/mol. The van der Waals surface area contributed by atoms with Gasteiger partial charge in [0.05, 0.1) is 6.04 Å². The van der Waals surface area contributed by atoms with Crippen LogP contribution in [-0.2, 0) is 0 Å². The summed E-state index contributed by atoms with van der Waals surface area (Å²) >= 11 is 1.80. The first-order chi connectivity index (χ1) is 9.74. The number of thioether (sulfide) groups is 1. The highest BCUT2D eigenvalue weighted by Gasteiger charge is 2.22. The lowest BCUT2D eigenvalue weighted by atomic mass is 10.0. The first-order valence-corrected chi connectivity index (χ1v) is 7.31. The number of hydrogen-bond acceptors (Lipinski definition) is 4. The predicted octanol–water partition coefficient (Wildman–Crippen LogP) is 1.74. The lowest BCUT2D eigenvalue weighted by Crippen LogP contribution is -2.31. The Labute approximate surface area is 119 Å². The van der Waals surface area contributed by atoms with Gasteiger partial charge in [0.1, 0.15) is 5.69 Å². The Balaban J connectivity index is 1.80. The predicted molar refractivity (Wildman–Crippen MR) is 76.8 cm³/mol. The van der Waals surface area contributed by atoms with Crippen molar-refractivity contribution in [3.63, 3.8) is 0 Å². The average Bonchev–Trinajstić information content (AvgIpc) is 2.48. The largest absolute Gasteiger partial charge is 0.344 e. The van der Waals surface area contributed by atoms with E-state index in [2.05, 4.69) is 21.6 Å². The van der Waals surface area contributed by atoms with Gasteiger partial charge in [0.15, 0.2) is 0 Å². The maximum Gasteiger partial charge on any atom is 0.272 e. The highest BCUT2D eigenvalue weighted by molar-refractivity contribution is 7.99. The molecule has 0 spiro atoms. The molecule has 6 heteroatoms. The van der Waals surface area contributed by atoms with E-state index in [9.17, 15) is 9.59 Å². The molecule has 0 fully saturated rings. The highest BCUT2D eigenvalue weighted by atomic mass is 32.2. The third-order valence-electron chi connectivity index (χ3n) is 3.18. The summed E-state index contributed by atoms with van der Waals surface area (Å²) in [6, 6.07) is 10.8. The van der Waals surface area contributed by atoms with E-state index in [1.165, 1.54) is 17.0 Å². The minimum Gasteiger partial charge on any atom is -0.344 e. The van der Waals surface area contributed by atoms with Crippen LogP contribution in [0.5, 0.6) is 0 Å². The molecule has 1 amide bonds. The molecular weight excluding hydrogens is 274 g/mol. The zero-order chi connectivity index (χ0) is 13.9. The van der Waals surface area contributed by atoms with E-state index in [1.54, 1.807) is 11.8 Å². The SMILES string of the molecule is O=C(NC1CCSc2ccccc21)c1ccc(=O)[nH]n1. The summed E-state index contributed by atoms with van der Waals surface area (Å²) in [7, 11) is 0. The summed E-state index contributed by atoms with van der Waals surface area (Å²) < 4.78 is 0. The smallest absolute Gasteiger partial charge is 0.272 e. The van der Waals surface area contributed by atoms with Crippen molar-refractivity contribution in [2.45, 2.75) is 17.4 Å². The lowest BCUT2D eigenvalue weighted by molar-refractivity contribution is 0.0929. The summed E-state index contributed by atoms with van der Waals surface area (Å²) in [4.78, 5) is 24.3. The van der Waals surface area contributed by atoms with Gasteiger partial charge in [-0.3, -0.25) is 9.59 Å². The summed E-state index contributed by atoms with van der Waals surface area (Å²) in [5.74, 6) is 0.703. The van der Waals surface area contributed by atoms with Gasteiger partial charge in [-0.25, -0.2) is 5.10 Å². The minimum absolute atomic E-state index is 0.00585. The van der Waals surface area contributed by atoms with Crippen molar-refractivity contribution >= 4 is 17.7 Å². The van der Waals surface area contributed by atoms with Crippen LogP contribution in [0.15, 0.2) is 46.1 Å². The van der Waals surface area contributed by atoms with Gasteiger partial charge in [-0.2, -0.15) is 5.10 Å². The van der Waals surface area contributed by atoms with Crippen molar-refractivity contribution in [1.29, 1.82) is 0 Å². The van der Waals surface area contributed by atoms with Crippen LogP contribution in [0, 0.1) is 0 Å². The molecule has 0 saturated heterocycles. The summed E-state index contributed by atoms with van der Waals surface area (Å²) in [6.07, 6.45) is 0.886. The third-order valence-corrected chi connectivity index (χ3v) is 4.30. The van der Waals surface area contributed by atoms with E-state index < -0.39 is 0 Å². The van der Waals surface area contributed by atoms with Gasteiger partial charge >= 0.3 is 0 Å².